The zero-order chi connectivity index (χ0) is 13.2. The van der Waals surface area contributed by atoms with E-state index in [1.807, 2.05) is 48.5 Å². The average molecular weight is 333 g/mol. The van der Waals surface area contributed by atoms with Crippen LogP contribution >= 0.6 is 27.3 Å². The highest BCUT2D eigenvalue weighted by atomic mass is 79.9. The Bertz CT molecular complexity index is 704. The fraction of sp³-hybridized carbons (Fsp3) is 0. The Morgan fingerprint density at radius 3 is 2.58 bits per heavy atom. The quantitative estimate of drug-likeness (QED) is 0.759. The smallest absolute Gasteiger partial charge is 0.284 e. The second-order valence-corrected chi connectivity index (χ2v) is 5.89. The Hall–Kier alpha value is -1.72. The molecule has 0 spiro atoms. The van der Waals surface area contributed by atoms with E-state index in [0.29, 0.717) is 5.01 Å². The van der Waals surface area contributed by atoms with E-state index in [0.717, 1.165) is 20.4 Å². The van der Waals surface area contributed by atoms with Crippen LogP contribution in [0.1, 0.15) is 9.80 Å². The van der Waals surface area contributed by atoms with Crippen molar-refractivity contribution in [3.05, 3.63) is 58.0 Å². The van der Waals surface area contributed by atoms with Gasteiger partial charge < -0.3 is 5.32 Å². The van der Waals surface area contributed by atoms with E-state index < -0.39 is 0 Å². The van der Waals surface area contributed by atoms with E-state index in [1.165, 1.54) is 11.3 Å². The first-order chi connectivity index (χ1) is 9.22. The lowest BCUT2D eigenvalue weighted by atomic mass is 10.3. The molecule has 0 aliphatic carbocycles. The van der Waals surface area contributed by atoms with Crippen molar-refractivity contribution in [2.24, 2.45) is 0 Å². The highest BCUT2D eigenvalue weighted by Gasteiger charge is 2.11. The van der Waals surface area contributed by atoms with Gasteiger partial charge in [0.1, 0.15) is 0 Å². The summed E-state index contributed by atoms with van der Waals surface area (Å²) in [6.07, 6.45) is 0. The molecule has 0 saturated carbocycles. The van der Waals surface area contributed by atoms with Gasteiger partial charge in [0.15, 0.2) is 5.01 Å². The second-order valence-electron chi connectivity index (χ2n) is 3.95. The minimum absolute atomic E-state index is 0.177. The zero-order valence-corrected chi connectivity index (χ0v) is 12.2. The van der Waals surface area contributed by atoms with E-state index in [9.17, 15) is 4.79 Å². The zero-order valence-electron chi connectivity index (χ0n) is 9.76. The lowest BCUT2D eigenvalue weighted by Gasteiger charge is -2.02. The minimum atomic E-state index is -0.177. The topological polar surface area (TPSA) is 42.0 Å². The maximum absolute atomic E-state index is 12.1. The van der Waals surface area contributed by atoms with Gasteiger partial charge in [0, 0.05) is 10.2 Å². The predicted octanol–water partition coefficient (Wildman–Crippen LogP) is 4.31. The number of benzene rings is 2. The normalized spacial score (nSPS) is 10.6. The molecule has 0 fully saturated rings. The molecule has 3 aromatic rings. The van der Waals surface area contributed by atoms with Crippen LogP contribution in [0.3, 0.4) is 0 Å². The number of carbonyl (C=O) groups excluding carboxylic acids is 1. The summed E-state index contributed by atoms with van der Waals surface area (Å²) < 4.78 is 1.99. The molecule has 5 heteroatoms. The molecule has 0 saturated heterocycles. The number of rotatable bonds is 2. The summed E-state index contributed by atoms with van der Waals surface area (Å²) >= 11 is 4.75. The van der Waals surface area contributed by atoms with Gasteiger partial charge in [0.05, 0.1) is 10.2 Å². The first-order valence-corrected chi connectivity index (χ1v) is 7.26. The Balaban J connectivity index is 1.85. The number of amides is 1. The molecule has 1 heterocycles. The van der Waals surface area contributed by atoms with Crippen molar-refractivity contribution < 1.29 is 4.79 Å². The first-order valence-electron chi connectivity index (χ1n) is 5.65. The first kappa shape index (κ1) is 12.3. The van der Waals surface area contributed by atoms with Crippen molar-refractivity contribution in [3.8, 4) is 0 Å². The molecule has 0 bridgehead atoms. The van der Waals surface area contributed by atoms with Crippen LogP contribution in [0, 0.1) is 0 Å². The molecule has 19 heavy (non-hydrogen) atoms. The number of halogens is 1. The van der Waals surface area contributed by atoms with Crippen molar-refractivity contribution in [2.75, 3.05) is 5.32 Å². The minimum Gasteiger partial charge on any atom is -0.320 e. The van der Waals surface area contributed by atoms with Gasteiger partial charge in [-0.05, 0) is 36.4 Å². The lowest BCUT2D eigenvalue weighted by Crippen LogP contribution is -2.11. The molecule has 2 aromatic carbocycles. The fourth-order valence-corrected chi connectivity index (χ4v) is 2.81. The maximum atomic E-state index is 12.1. The molecule has 0 aliphatic rings. The molecule has 0 aliphatic heterocycles. The van der Waals surface area contributed by atoms with Crippen LogP contribution in [0.25, 0.3) is 10.2 Å². The third kappa shape index (κ3) is 2.67. The highest BCUT2D eigenvalue weighted by molar-refractivity contribution is 9.10. The third-order valence-electron chi connectivity index (χ3n) is 2.59. The summed E-state index contributed by atoms with van der Waals surface area (Å²) in [4.78, 5) is 16.4. The van der Waals surface area contributed by atoms with Crippen molar-refractivity contribution in [1.82, 2.24) is 4.98 Å². The van der Waals surface area contributed by atoms with E-state index in [1.54, 1.807) is 0 Å². The Labute approximate surface area is 122 Å². The van der Waals surface area contributed by atoms with Crippen LogP contribution in [-0.4, -0.2) is 10.9 Å². The van der Waals surface area contributed by atoms with Crippen molar-refractivity contribution >= 4 is 49.1 Å². The van der Waals surface area contributed by atoms with Gasteiger partial charge in [-0.15, -0.1) is 11.3 Å². The summed E-state index contributed by atoms with van der Waals surface area (Å²) in [7, 11) is 0. The molecule has 1 N–H and O–H groups in total. The van der Waals surface area contributed by atoms with Crippen LogP contribution < -0.4 is 5.32 Å². The summed E-state index contributed by atoms with van der Waals surface area (Å²) in [5.74, 6) is -0.177. The monoisotopic (exact) mass is 332 g/mol. The molecular formula is C14H9BrN2OS. The fourth-order valence-electron chi connectivity index (χ4n) is 1.69. The Morgan fingerprint density at radius 2 is 1.84 bits per heavy atom. The van der Waals surface area contributed by atoms with Crippen LogP contribution in [0.2, 0.25) is 0 Å². The van der Waals surface area contributed by atoms with Crippen LogP contribution in [0.4, 0.5) is 5.69 Å². The van der Waals surface area contributed by atoms with Gasteiger partial charge >= 0.3 is 0 Å². The van der Waals surface area contributed by atoms with Gasteiger partial charge in [0.25, 0.3) is 5.91 Å². The van der Waals surface area contributed by atoms with E-state index in [2.05, 4.69) is 26.2 Å². The average Bonchev–Trinajstić information content (AvgIpc) is 2.85. The standard InChI is InChI=1S/C14H9BrN2OS/c15-9-5-7-10(8-6-9)16-13(18)14-17-11-3-1-2-4-12(11)19-14/h1-8H,(H,16,18). The number of anilines is 1. The number of nitrogens with zero attached hydrogens (tertiary/aromatic N) is 1. The summed E-state index contributed by atoms with van der Waals surface area (Å²) in [6.45, 7) is 0. The lowest BCUT2D eigenvalue weighted by molar-refractivity contribution is 0.102. The molecule has 0 atom stereocenters. The van der Waals surface area contributed by atoms with Gasteiger partial charge in [-0.25, -0.2) is 4.98 Å². The largest absolute Gasteiger partial charge is 0.320 e. The van der Waals surface area contributed by atoms with Crippen LogP contribution in [0.15, 0.2) is 53.0 Å². The van der Waals surface area contributed by atoms with E-state index in [-0.39, 0.29) is 5.91 Å². The van der Waals surface area contributed by atoms with Gasteiger partial charge in [-0.1, -0.05) is 28.1 Å². The second kappa shape index (κ2) is 5.11. The molecule has 0 radical (unpaired) electrons. The molecule has 3 rings (SSSR count). The van der Waals surface area contributed by atoms with Crippen LogP contribution in [-0.2, 0) is 0 Å². The number of fused-ring (bicyclic) bond motifs is 1. The molecule has 1 aromatic heterocycles. The van der Waals surface area contributed by atoms with Crippen LogP contribution in [0.5, 0.6) is 0 Å². The number of nitrogens with one attached hydrogen (secondary N) is 1. The summed E-state index contributed by atoms with van der Waals surface area (Å²) in [6, 6.07) is 15.2. The number of carbonyl (C=O) groups is 1. The molecular weight excluding hydrogens is 324 g/mol. The summed E-state index contributed by atoms with van der Waals surface area (Å²) in [5, 5.41) is 3.31. The van der Waals surface area contributed by atoms with E-state index >= 15 is 0 Å². The predicted molar refractivity (Wildman–Crippen MR) is 81.7 cm³/mol. The number of para-hydroxylation sites is 1. The number of hydrogen-bond acceptors (Lipinski definition) is 3. The SMILES string of the molecule is O=C(Nc1ccc(Br)cc1)c1nc2ccccc2s1. The third-order valence-corrected chi connectivity index (χ3v) is 4.15. The molecule has 94 valence electrons. The highest BCUT2D eigenvalue weighted by Crippen LogP contribution is 2.22. The Morgan fingerprint density at radius 1 is 1.11 bits per heavy atom. The number of aromatic nitrogens is 1. The van der Waals surface area contributed by atoms with E-state index in [4.69, 9.17) is 0 Å². The van der Waals surface area contributed by atoms with Crippen molar-refractivity contribution in [2.45, 2.75) is 0 Å². The van der Waals surface area contributed by atoms with Crippen molar-refractivity contribution in [1.29, 1.82) is 0 Å². The van der Waals surface area contributed by atoms with Gasteiger partial charge in [-0.3, -0.25) is 4.79 Å². The molecule has 0 unspecified atom stereocenters. The molecule has 1 amide bonds. The van der Waals surface area contributed by atoms with Gasteiger partial charge in [-0.2, -0.15) is 0 Å². The molecule has 3 nitrogen and oxygen atoms in total. The van der Waals surface area contributed by atoms with Gasteiger partial charge in [0.2, 0.25) is 0 Å². The Kier molecular flexibility index (Phi) is 3.31. The number of hydrogen-bond donors (Lipinski definition) is 1. The summed E-state index contributed by atoms with van der Waals surface area (Å²) in [5.41, 5.74) is 1.61. The maximum Gasteiger partial charge on any atom is 0.284 e. The van der Waals surface area contributed by atoms with Crippen molar-refractivity contribution in [3.63, 3.8) is 0 Å². The number of thiazole rings is 1.